The van der Waals surface area contributed by atoms with E-state index in [1.54, 1.807) is 11.1 Å². The number of carboxylic acid groups (broad SMARTS) is 1. The van der Waals surface area contributed by atoms with Crippen molar-refractivity contribution < 1.29 is 14.7 Å². The van der Waals surface area contributed by atoms with Gasteiger partial charge < -0.3 is 10.0 Å². The number of pyridine rings is 1. The number of amides is 1. The van der Waals surface area contributed by atoms with Crippen LogP contribution in [-0.2, 0) is 0 Å². The molecule has 23 heavy (non-hydrogen) atoms. The van der Waals surface area contributed by atoms with Gasteiger partial charge in [0.25, 0.3) is 5.91 Å². The molecule has 1 N–H and O–H groups in total. The highest BCUT2D eigenvalue weighted by Crippen LogP contribution is 2.26. The molecule has 0 saturated carbocycles. The quantitative estimate of drug-likeness (QED) is 0.924. The van der Waals surface area contributed by atoms with Gasteiger partial charge in [-0.15, -0.1) is 0 Å². The normalized spacial score (nSPS) is 15.4. The number of carbonyl (C=O) groups excluding carboxylic acids is 1. The molecule has 1 saturated heterocycles. The molecule has 1 fully saturated rings. The van der Waals surface area contributed by atoms with Gasteiger partial charge in [0.2, 0.25) is 0 Å². The Labute approximate surface area is 133 Å². The number of aromatic carboxylic acids is 1. The second-order valence-electron chi connectivity index (χ2n) is 5.44. The number of hydrogen-bond donors (Lipinski definition) is 1. The van der Waals surface area contributed by atoms with Gasteiger partial charge in [-0.3, -0.25) is 9.78 Å². The van der Waals surface area contributed by atoms with Crippen LogP contribution in [0.3, 0.4) is 0 Å². The SMILES string of the molecule is O=C(O)c1ccnc(C(=O)N2CCC(c3ccncn3)CC2)c1. The third-order valence-electron chi connectivity index (χ3n) is 4.03. The number of carboxylic acids is 1. The van der Waals surface area contributed by atoms with Crippen molar-refractivity contribution in [3.63, 3.8) is 0 Å². The lowest BCUT2D eigenvalue weighted by atomic mass is 9.93. The van der Waals surface area contributed by atoms with Crippen molar-refractivity contribution in [2.24, 2.45) is 0 Å². The molecule has 2 aromatic heterocycles. The summed E-state index contributed by atoms with van der Waals surface area (Å²) in [6, 6.07) is 4.60. The maximum Gasteiger partial charge on any atom is 0.335 e. The smallest absolute Gasteiger partial charge is 0.335 e. The molecule has 0 spiro atoms. The van der Waals surface area contributed by atoms with Crippen LogP contribution in [0, 0.1) is 0 Å². The summed E-state index contributed by atoms with van der Waals surface area (Å²) < 4.78 is 0. The number of aromatic nitrogens is 3. The molecular formula is C16H16N4O3. The average molecular weight is 312 g/mol. The van der Waals surface area contributed by atoms with Crippen molar-refractivity contribution in [2.45, 2.75) is 18.8 Å². The van der Waals surface area contributed by atoms with Gasteiger partial charge in [0.15, 0.2) is 0 Å². The minimum absolute atomic E-state index is 0.0687. The van der Waals surface area contributed by atoms with Gasteiger partial charge in [-0.25, -0.2) is 14.8 Å². The molecule has 1 aliphatic heterocycles. The fourth-order valence-electron chi connectivity index (χ4n) is 2.76. The Morgan fingerprint density at radius 3 is 2.57 bits per heavy atom. The van der Waals surface area contributed by atoms with Gasteiger partial charge in [-0.1, -0.05) is 0 Å². The van der Waals surface area contributed by atoms with Crippen molar-refractivity contribution in [1.82, 2.24) is 19.9 Å². The van der Waals surface area contributed by atoms with Crippen molar-refractivity contribution in [1.29, 1.82) is 0 Å². The average Bonchev–Trinajstić information content (AvgIpc) is 2.62. The molecule has 0 unspecified atom stereocenters. The maximum absolute atomic E-state index is 12.5. The molecule has 0 aliphatic carbocycles. The first-order chi connectivity index (χ1) is 11.1. The Morgan fingerprint density at radius 1 is 1.13 bits per heavy atom. The predicted octanol–water partition coefficient (Wildman–Crippen LogP) is 1.59. The van der Waals surface area contributed by atoms with E-state index in [4.69, 9.17) is 5.11 Å². The van der Waals surface area contributed by atoms with Crippen LogP contribution < -0.4 is 0 Å². The van der Waals surface area contributed by atoms with E-state index >= 15 is 0 Å². The Kier molecular flexibility index (Phi) is 4.27. The summed E-state index contributed by atoms with van der Waals surface area (Å²) in [7, 11) is 0. The van der Waals surface area contributed by atoms with E-state index in [-0.39, 0.29) is 17.2 Å². The summed E-state index contributed by atoms with van der Waals surface area (Å²) >= 11 is 0. The molecule has 0 bridgehead atoms. The van der Waals surface area contributed by atoms with Gasteiger partial charge in [0, 0.05) is 37.1 Å². The highest BCUT2D eigenvalue weighted by molar-refractivity contribution is 5.95. The van der Waals surface area contributed by atoms with E-state index in [1.165, 1.54) is 24.7 Å². The number of likely N-dealkylation sites (tertiary alicyclic amines) is 1. The Hall–Kier alpha value is -2.83. The summed E-state index contributed by atoms with van der Waals surface area (Å²) in [6.07, 6.45) is 6.25. The summed E-state index contributed by atoms with van der Waals surface area (Å²) in [5, 5.41) is 9.00. The monoisotopic (exact) mass is 312 g/mol. The Balaban J connectivity index is 1.66. The van der Waals surface area contributed by atoms with Crippen LogP contribution in [0.25, 0.3) is 0 Å². The van der Waals surface area contributed by atoms with Gasteiger partial charge in [-0.05, 0) is 31.0 Å². The van der Waals surface area contributed by atoms with E-state index in [2.05, 4.69) is 15.0 Å². The van der Waals surface area contributed by atoms with Crippen LogP contribution in [0.1, 0.15) is 45.3 Å². The minimum atomic E-state index is -1.07. The molecule has 1 amide bonds. The molecule has 7 nitrogen and oxygen atoms in total. The number of piperidine rings is 1. The predicted molar refractivity (Wildman–Crippen MR) is 81.1 cm³/mol. The Morgan fingerprint density at radius 2 is 1.91 bits per heavy atom. The number of rotatable bonds is 3. The van der Waals surface area contributed by atoms with Crippen LogP contribution in [0.2, 0.25) is 0 Å². The van der Waals surface area contributed by atoms with Crippen LogP contribution in [0.15, 0.2) is 36.9 Å². The third kappa shape index (κ3) is 3.33. The van der Waals surface area contributed by atoms with Crippen molar-refractivity contribution >= 4 is 11.9 Å². The first kappa shape index (κ1) is 15.1. The van der Waals surface area contributed by atoms with E-state index in [9.17, 15) is 9.59 Å². The summed E-state index contributed by atoms with van der Waals surface area (Å²) in [5.41, 5.74) is 1.24. The van der Waals surface area contributed by atoms with Crippen molar-refractivity contribution in [2.75, 3.05) is 13.1 Å². The minimum Gasteiger partial charge on any atom is -0.478 e. The maximum atomic E-state index is 12.5. The van der Waals surface area contributed by atoms with E-state index in [0.29, 0.717) is 19.0 Å². The van der Waals surface area contributed by atoms with E-state index in [1.807, 2.05) is 6.07 Å². The number of carbonyl (C=O) groups is 2. The molecule has 0 aromatic carbocycles. The lowest BCUT2D eigenvalue weighted by molar-refractivity contribution is 0.0696. The van der Waals surface area contributed by atoms with Crippen LogP contribution >= 0.6 is 0 Å². The lowest BCUT2D eigenvalue weighted by Crippen LogP contribution is -2.38. The van der Waals surface area contributed by atoms with Gasteiger partial charge in [0.05, 0.1) is 5.56 Å². The molecule has 0 radical (unpaired) electrons. The first-order valence-electron chi connectivity index (χ1n) is 7.39. The summed E-state index contributed by atoms with van der Waals surface area (Å²) in [6.45, 7) is 1.21. The second-order valence-corrected chi connectivity index (χ2v) is 5.44. The third-order valence-corrected chi connectivity index (χ3v) is 4.03. The second kappa shape index (κ2) is 6.51. The van der Waals surface area contributed by atoms with Crippen LogP contribution in [0.5, 0.6) is 0 Å². The highest BCUT2D eigenvalue weighted by atomic mass is 16.4. The lowest BCUT2D eigenvalue weighted by Gasteiger charge is -2.31. The molecule has 7 heteroatoms. The fraction of sp³-hybridized carbons (Fsp3) is 0.312. The zero-order valence-electron chi connectivity index (χ0n) is 12.4. The number of nitrogens with zero attached hydrogens (tertiary/aromatic N) is 4. The topological polar surface area (TPSA) is 96.3 Å². The fourth-order valence-corrected chi connectivity index (χ4v) is 2.76. The summed E-state index contributed by atoms with van der Waals surface area (Å²) in [5.74, 6) is -0.974. The molecule has 1 aliphatic rings. The number of hydrogen-bond acceptors (Lipinski definition) is 5. The van der Waals surface area contributed by atoms with Crippen molar-refractivity contribution in [3.05, 3.63) is 53.9 Å². The molecule has 118 valence electrons. The highest BCUT2D eigenvalue weighted by Gasteiger charge is 2.26. The molecular weight excluding hydrogens is 296 g/mol. The molecule has 2 aromatic rings. The van der Waals surface area contributed by atoms with Gasteiger partial charge in [0.1, 0.15) is 12.0 Å². The zero-order valence-corrected chi connectivity index (χ0v) is 12.4. The summed E-state index contributed by atoms with van der Waals surface area (Å²) in [4.78, 5) is 37.3. The Bertz CT molecular complexity index is 712. The van der Waals surface area contributed by atoms with Crippen molar-refractivity contribution in [3.8, 4) is 0 Å². The van der Waals surface area contributed by atoms with Crippen LogP contribution in [-0.4, -0.2) is 49.9 Å². The van der Waals surface area contributed by atoms with E-state index < -0.39 is 5.97 Å². The zero-order chi connectivity index (χ0) is 16.2. The molecule has 3 heterocycles. The van der Waals surface area contributed by atoms with Gasteiger partial charge in [-0.2, -0.15) is 0 Å². The molecule has 3 rings (SSSR count). The van der Waals surface area contributed by atoms with Gasteiger partial charge >= 0.3 is 5.97 Å². The van der Waals surface area contributed by atoms with Crippen LogP contribution in [0.4, 0.5) is 0 Å². The standard InChI is InChI=1S/C16H16N4O3/c21-15(14-9-12(16(22)23)1-6-18-14)20-7-3-11(4-8-20)13-2-5-17-10-19-13/h1-2,5-6,9-11H,3-4,7-8H2,(H,22,23). The molecule has 0 atom stereocenters. The largest absolute Gasteiger partial charge is 0.478 e. The van der Waals surface area contributed by atoms with E-state index in [0.717, 1.165) is 18.5 Å². The first-order valence-corrected chi connectivity index (χ1v) is 7.39.